The average molecular weight is 509 g/mol. The van der Waals surface area contributed by atoms with Gasteiger partial charge in [-0.05, 0) is 18.6 Å². The van der Waals surface area contributed by atoms with Gasteiger partial charge >= 0.3 is 0 Å². The van der Waals surface area contributed by atoms with E-state index in [0.29, 0.717) is 36.8 Å². The Morgan fingerprint density at radius 1 is 0.973 bits per heavy atom. The molecule has 0 aliphatic rings. The van der Waals surface area contributed by atoms with Crippen LogP contribution < -0.4 is 9.64 Å². The van der Waals surface area contributed by atoms with Crippen molar-refractivity contribution in [3.8, 4) is 17.9 Å². The molecule has 0 heterocycles. The number of nitro benzene ring substituents is 1. The molecule has 11 nitrogen and oxygen atoms in total. The van der Waals surface area contributed by atoms with Gasteiger partial charge in [0, 0.05) is 31.3 Å². The molecule has 0 amide bonds. The molecule has 0 saturated heterocycles. The largest absolute Gasteiger partial charge is 0.491 e. The van der Waals surface area contributed by atoms with Gasteiger partial charge in [0.05, 0.1) is 47.2 Å². The molecule has 2 aromatic carbocycles. The minimum atomic E-state index is -0.681. The first kappa shape index (κ1) is 29.2. The summed E-state index contributed by atoms with van der Waals surface area (Å²) in [5.74, 6) is 0.497. The maximum atomic E-state index is 11.1. The maximum Gasteiger partial charge on any atom is 0.272 e. The van der Waals surface area contributed by atoms with E-state index >= 15 is 0 Å². The number of aliphatic hydroxyl groups excluding tert-OH is 2. The summed E-state index contributed by atoms with van der Waals surface area (Å²) in [6.45, 7) is 3.04. The molecule has 0 spiro atoms. The number of ether oxygens (including phenoxy) is 1. The number of hydrogen-bond acceptors (Lipinski definition) is 10. The minimum absolute atomic E-state index is 0.0589. The van der Waals surface area contributed by atoms with Crippen LogP contribution in [0.3, 0.4) is 0 Å². The third-order valence-corrected chi connectivity index (χ3v) is 5.59. The molecule has 0 aliphatic heterocycles. The topological polar surface area (TPSA) is 168 Å². The van der Waals surface area contributed by atoms with Gasteiger partial charge in [0.1, 0.15) is 23.6 Å². The van der Waals surface area contributed by atoms with Gasteiger partial charge in [-0.15, -0.1) is 5.11 Å². The minimum Gasteiger partial charge on any atom is -0.491 e. The van der Waals surface area contributed by atoms with Crippen LogP contribution in [0.25, 0.3) is 0 Å². The van der Waals surface area contributed by atoms with E-state index in [1.165, 1.54) is 19.3 Å². The van der Waals surface area contributed by atoms with Crippen LogP contribution in [0.5, 0.6) is 5.75 Å². The van der Waals surface area contributed by atoms with Crippen molar-refractivity contribution in [1.82, 2.24) is 0 Å². The first-order valence-corrected chi connectivity index (χ1v) is 12.3. The molecular formula is C26H32N6O5. The van der Waals surface area contributed by atoms with E-state index in [-0.39, 0.29) is 35.7 Å². The van der Waals surface area contributed by atoms with Crippen molar-refractivity contribution in [1.29, 1.82) is 10.5 Å². The number of nitrogens with zero attached hydrogens (tertiary/aromatic N) is 6. The summed E-state index contributed by atoms with van der Waals surface area (Å²) in [5.41, 5.74) is 0.344. The van der Waals surface area contributed by atoms with Crippen LogP contribution in [0.15, 0.2) is 40.6 Å². The highest BCUT2D eigenvalue weighted by atomic mass is 16.6. The number of nitriles is 2. The Morgan fingerprint density at radius 2 is 1.59 bits per heavy atom. The lowest BCUT2D eigenvalue weighted by molar-refractivity contribution is -0.384. The first-order valence-electron chi connectivity index (χ1n) is 12.3. The molecule has 2 N–H and O–H groups in total. The SMILES string of the molecule is CCCCCCCCOc1cc(N=Nc2c(C#N)cc([N+](=O)[O-])cc2C#N)ccc1N(CCO)CCO. The van der Waals surface area contributed by atoms with Gasteiger partial charge in [-0.1, -0.05) is 39.0 Å². The maximum absolute atomic E-state index is 11.1. The molecule has 0 aliphatic carbocycles. The van der Waals surface area contributed by atoms with E-state index in [9.17, 15) is 30.9 Å². The molecule has 2 aromatic rings. The summed E-state index contributed by atoms with van der Waals surface area (Å²) < 4.78 is 6.06. The number of rotatable bonds is 16. The van der Waals surface area contributed by atoms with Gasteiger partial charge in [-0.3, -0.25) is 10.1 Å². The highest BCUT2D eigenvalue weighted by Gasteiger charge is 2.17. The number of hydrogen-bond donors (Lipinski definition) is 2. The zero-order chi connectivity index (χ0) is 27.0. The van der Waals surface area contributed by atoms with Gasteiger partial charge in [-0.2, -0.15) is 15.6 Å². The Labute approximate surface area is 216 Å². The van der Waals surface area contributed by atoms with E-state index in [4.69, 9.17) is 4.74 Å². The quantitative estimate of drug-likeness (QED) is 0.133. The number of unbranched alkanes of at least 4 members (excludes halogenated alkanes) is 5. The third-order valence-electron chi connectivity index (χ3n) is 5.59. The van der Waals surface area contributed by atoms with Crippen molar-refractivity contribution >= 4 is 22.7 Å². The molecular weight excluding hydrogens is 476 g/mol. The fourth-order valence-electron chi connectivity index (χ4n) is 3.71. The Balaban J connectivity index is 2.34. The van der Waals surface area contributed by atoms with Gasteiger partial charge < -0.3 is 19.8 Å². The number of anilines is 1. The van der Waals surface area contributed by atoms with Crippen molar-refractivity contribution in [2.75, 3.05) is 37.8 Å². The Morgan fingerprint density at radius 3 is 2.16 bits per heavy atom. The number of nitro groups is 1. The van der Waals surface area contributed by atoms with E-state index in [0.717, 1.165) is 31.4 Å². The van der Waals surface area contributed by atoms with Crippen LogP contribution in [-0.4, -0.2) is 48.0 Å². The molecule has 0 bridgehead atoms. The van der Waals surface area contributed by atoms with Crippen LogP contribution in [0.2, 0.25) is 0 Å². The smallest absolute Gasteiger partial charge is 0.272 e. The van der Waals surface area contributed by atoms with Crippen LogP contribution in [-0.2, 0) is 0 Å². The molecule has 0 atom stereocenters. The van der Waals surface area contributed by atoms with Gasteiger partial charge in [0.2, 0.25) is 0 Å². The first-order chi connectivity index (χ1) is 18.0. The average Bonchev–Trinajstić information content (AvgIpc) is 2.90. The molecule has 196 valence electrons. The monoisotopic (exact) mass is 508 g/mol. The highest BCUT2D eigenvalue weighted by molar-refractivity contribution is 5.68. The molecule has 0 fully saturated rings. The zero-order valence-electron chi connectivity index (χ0n) is 21.0. The van der Waals surface area contributed by atoms with E-state index in [2.05, 4.69) is 17.2 Å². The van der Waals surface area contributed by atoms with Gasteiger partial charge in [-0.25, -0.2) is 0 Å². The second kappa shape index (κ2) is 15.8. The fraction of sp³-hybridized carbons (Fsp3) is 0.462. The Kier molecular flexibility index (Phi) is 12.5. The highest BCUT2D eigenvalue weighted by Crippen LogP contribution is 2.35. The fourth-order valence-corrected chi connectivity index (χ4v) is 3.71. The predicted molar refractivity (Wildman–Crippen MR) is 138 cm³/mol. The van der Waals surface area contributed by atoms with Gasteiger partial charge in [0.25, 0.3) is 5.69 Å². The van der Waals surface area contributed by atoms with Gasteiger partial charge in [0.15, 0.2) is 0 Å². The second-order valence-corrected chi connectivity index (χ2v) is 8.27. The lowest BCUT2D eigenvalue weighted by atomic mass is 10.1. The molecule has 2 rings (SSSR count). The van der Waals surface area contributed by atoms with Crippen LogP contribution in [0.4, 0.5) is 22.7 Å². The summed E-state index contributed by atoms with van der Waals surface area (Å²) in [6, 6.07) is 10.8. The molecule has 0 saturated carbocycles. The van der Waals surface area contributed by atoms with E-state index < -0.39 is 4.92 Å². The van der Waals surface area contributed by atoms with Crippen LogP contribution >= 0.6 is 0 Å². The molecule has 0 radical (unpaired) electrons. The van der Waals surface area contributed by atoms with Crippen LogP contribution in [0, 0.1) is 32.8 Å². The number of benzene rings is 2. The number of azo groups is 1. The summed E-state index contributed by atoms with van der Waals surface area (Å²) in [7, 11) is 0. The van der Waals surface area contributed by atoms with E-state index in [1.807, 2.05) is 12.1 Å². The van der Waals surface area contributed by atoms with Crippen molar-refractivity contribution in [3.05, 3.63) is 51.6 Å². The van der Waals surface area contributed by atoms with Crippen molar-refractivity contribution in [2.45, 2.75) is 45.4 Å². The number of aliphatic hydroxyl groups is 2. The molecule has 11 heteroatoms. The zero-order valence-corrected chi connectivity index (χ0v) is 21.0. The van der Waals surface area contributed by atoms with E-state index in [1.54, 1.807) is 23.1 Å². The molecule has 0 unspecified atom stereocenters. The lowest BCUT2D eigenvalue weighted by Gasteiger charge is -2.25. The van der Waals surface area contributed by atoms with Crippen LogP contribution in [0.1, 0.15) is 56.6 Å². The van der Waals surface area contributed by atoms with Crippen molar-refractivity contribution in [2.24, 2.45) is 10.2 Å². The normalized spacial score (nSPS) is 10.7. The summed E-state index contributed by atoms with van der Waals surface area (Å²) in [4.78, 5) is 12.2. The number of non-ortho nitro benzene ring substituents is 1. The molecule has 0 aromatic heterocycles. The summed E-state index contributed by atoms with van der Waals surface area (Å²) >= 11 is 0. The molecule has 37 heavy (non-hydrogen) atoms. The second-order valence-electron chi connectivity index (χ2n) is 8.27. The lowest BCUT2D eigenvalue weighted by Crippen LogP contribution is -2.30. The Bertz CT molecular complexity index is 1110. The van der Waals surface area contributed by atoms with Crippen molar-refractivity contribution in [3.63, 3.8) is 0 Å². The Hall–Kier alpha value is -4.06. The summed E-state index contributed by atoms with van der Waals surface area (Å²) in [5, 5.41) is 57.1. The summed E-state index contributed by atoms with van der Waals surface area (Å²) in [6.07, 6.45) is 6.63. The third kappa shape index (κ3) is 8.83. The van der Waals surface area contributed by atoms with Crippen molar-refractivity contribution < 1.29 is 19.9 Å². The predicted octanol–water partition coefficient (Wildman–Crippen LogP) is 5.28. The standard InChI is InChI=1S/C26H32N6O5/c1-2-3-4-5-6-7-14-37-25-17-22(8-9-24(25)31(10-12-33)11-13-34)29-30-26-20(18-27)15-23(32(35)36)16-21(26)19-28/h8-9,15-17,33-34H,2-7,10-14H2,1H3.